The topological polar surface area (TPSA) is 124 Å². The van der Waals surface area contributed by atoms with Crippen molar-refractivity contribution in [2.24, 2.45) is 5.92 Å². The fourth-order valence-corrected chi connectivity index (χ4v) is 4.65. The predicted molar refractivity (Wildman–Crippen MR) is 137 cm³/mol. The van der Waals surface area contributed by atoms with Crippen LogP contribution in [-0.4, -0.2) is 81.6 Å². The molecule has 3 aromatic heterocycles. The molecule has 0 radical (unpaired) electrons. The van der Waals surface area contributed by atoms with Crippen molar-refractivity contribution >= 4 is 17.5 Å². The van der Waals surface area contributed by atoms with E-state index in [1.54, 1.807) is 0 Å². The van der Waals surface area contributed by atoms with Gasteiger partial charge in [-0.25, -0.2) is 24.1 Å². The van der Waals surface area contributed by atoms with Crippen LogP contribution < -0.4 is 5.69 Å². The molecule has 1 amide bonds. The summed E-state index contributed by atoms with van der Waals surface area (Å²) < 4.78 is 81.4. The average Bonchev–Trinajstić information content (AvgIpc) is 3.69. The summed E-state index contributed by atoms with van der Waals surface area (Å²) in [6.45, 7) is -2.16. The van der Waals surface area contributed by atoms with Crippen molar-refractivity contribution in [3.8, 4) is 17.1 Å². The van der Waals surface area contributed by atoms with Crippen LogP contribution in [0, 0.1) is 5.92 Å². The summed E-state index contributed by atoms with van der Waals surface area (Å²) in [5.41, 5.74) is -0.805. The Bertz CT molecular complexity index is 1680. The van der Waals surface area contributed by atoms with Gasteiger partial charge >= 0.3 is 18.0 Å². The maximum atomic E-state index is 13.1. The number of aromatic nitrogens is 7. The molecule has 0 aliphatic carbocycles. The zero-order valence-corrected chi connectivity index (χ0v) is 22.6. The Balaban J connectivity index is 1.43. The quantitative estimate of drug-likeness (QED) is 0.311. The Morgan fingerprint density at radius 1 is 1.07 bits per heavy atom. The minimum absolute atomic E-state index is 0.0358. The number of pyridine rings is 1. The highest BCUT2D eigenvalue weighted by atomic mass is 35.5. The number of halogens is 7. The minimum Gasteiger partial charge on any atom is -0.382 e. The molecule has 1 aliphatic heterocycles. The van der Waals surface area contributed by atoms with Crippen molar-refractivity contribution in [2.75, 3.05) is 13.1 Å². The lowest BCUT2D eigenvalue weighted by molar-refractivity contribution is -0.207. The van der Waals surface area contributed by atoms with E-state index < -0.39 is 55.6 Å². The SMILES string of the molecule is O=C(c1ncccc1-n1cnc(Cn2nc(-c3ccc(Cl)cc3)n(C[C@H](O)C(F)(F)F)c2=O)n1)N1CCC(C(F)(F)F)C1. The third-order valence-corrected chi connectivity index (χ3v) is 7.02. The highest BCUT2D eigenvalue weighted by Gasteiger charge is 2.45. The summed E-state index contributed by atoms with van der Waals surface area (Å²) in [7, 11) is 0. The molecule has 5 rings (SSSR count). The number of nitrogens with zero attached hydrogens (tertiary/aromatic N) is 8. The van der Waals surface area contributed by atoms with Crippen LogP contribution in [0.1, 0.15) is 22.7 Å². The van der Waals surface area contributed by atoms with Crippen molar-refractivity contribution in [1.29, 1.82) is 0 Å². The summed E-state index contributed by atoms with van der Waals surface area (Å²) in [4.78, 5) is 35.4. The Labute approximate surface area is 243 Å². The number of carbonyl (C=O) groups excluding carboxylic acids is 1. The number of rotatable bonds is 7. The third-order valence-electron chi connectivity index (χ3n) is 6.76. The molecule has 18 heteroatoms. The number of likely N-dealkylation sites (tertiary alicyclic amines) is 1. The molecule has 4 heterocycles. The molecule has 0 bridgehead atoms. The number of hydrogen-bond donors (Lipinski definition) is 1. The van der Waals surface area contributed by atoms with Gasteiger partial charge < -0.3 is 10.0 Å². The molecule has 1 aliphatic rings. The second kappa shape index (κ2) is 11.4. The first-order valence-electron chi connectivity index (χ1n) is 12.6. The Morgan fingerprint density at radius 2 is 1.79 bits per heavy atom. The van der Waals surface area contributed by atoms with E-state index >= 15 is 0 Å². The van der Waals surface area contributed by atoms with Crippen LogP contribution in [0.3, 0.4) is 0 Å². The van der Waals surface area contributed by atoms with Gasteiger partial charge in [0.15, 0.2) is 23.4 Å². The molecule has 0 saturated carbocycles. The predicted octanol–water partition coefficient (Wildman–Crippen LogP) is 3.34. The molecule has 1 aromatic carbocycles. The highest BCUT2D eigenvalue weighted by molar-refractivity contribution is 6.30. The van der Waals surface area contributed by atoms with E-state index in [0.29, 0.717) is 9.59 Å². The normalized spacial score (nSPS) is 16.6. The first-order chi connectivity index (χ1) is 20.2. The van der Waals surface area contributed by atoms with Crippen LogP contribution in [-0.2, 0) is 13.1 Å². The number of amides is 1. The number of aliphatic hydroxyl groups is 1. The van der Waals surface area contributed by atoms with Crippen molar-refractivity contribution in [2.45, 2.75) is 38.0 Å². The summed E-state index contributed by atoms with van der Waals surface area (Å²) in [6.07, 6.45) is -10.0. The molecule has 1 fully saturated rings. The van der Waals surface area contributed by atoms with E-state index in [1.807, 2.05) is 0 Å². The van der Waals surface area contributed by atoms with Gasteiger partial charge in [0.25, 0.3) is 5.91 Å². The number of carbonyl (C=O) groups is 1. The Hall–Kier alpha value is -4.25. The molecule has 43 heavy (non-hydrogen) atoms. The maximum absolute atomic E-state index is 13.1. The van der Waals surface area contributed by atoms with Crippen LogP contribution >= 0.6 is 11.6 Å². The lowest BCUT2D eigenvalue weighted by Gasteiger charge is -2.18. The molecular formula is C25H21ClF6N8O3. The van der Waals surface area contributed by atoms with Crippen molar-refractivity contribution in [3.63, 3.8) is 0 Å². The van der Waals surface area contributed by atoms with Gasteiger partial charge in [-0.2, -0.15) is 26.3 Å². The number of aliphatic hydroxyl groups excluding tert-OH is 1. The van der Waals surface area contributed by atoms with E-state index in [4.69, 9.17) is 11.6 Å². The van der Waals surface area contributed by atoms with Crippen molar-refractivity contribution < 1.29 is 36.2 Å². The fraction of sp³-hybridized carbons (Fsp3) is 0.360. The lowest BCUT2D eigenvalue weighted by atomic mass is 10.1. The van der Waals surface area contributed by atoms with Crippen molar-refractivity contribution in [3.05, 3.63) is 75.9 Å². The smallest absolute Gasteiger partial charge is 0.382 e. The number of benzene rings is 1. The second-order valence-electron chi connectivity index (χ2n) is 9.69. The second-order valence-corrected chi connectivity index (χ2v) is 10.1. The molecular weight excluding hydrogens is 610 g/mol. The van der Waals surface area contributed by atoms with Gasteiger partial charge in [0, 0.05) is 29.9 Å². The van der Waals surface area contributed by atoms with E-state index in [0.717, 1.165) is 14.3 Å². The van der Waals surface area contributed by atoms with E-state index in [1.165, 1.54) is 48.9 Å². The van der Waals surface area contributed by atoms with Crippen LogP contribution in [0.5, 0.6) is 0 Å². The molecule has 0 spiro atoms. The van der Waals surface area contributed by atoms with Crippen LogP contribution in [0.4, 0.5) is 26.3 Å². The fourth-order valence-electron chi connectivity index (χ4n) is 4.53. The molecule has 11 nitrogen and oxygen atoms in total. The van der Waals surface area contributed by atoms with Crippen LogP contribution in [0.2, 0.25) is 5.02 Å². The Kier molecular flexibility index (Phi) is 8.04. The van der Waals surface area contributed by atoms with Crippen molar-refractivity contribution in [1.82, 2.24) is 39.0 Å². The first kappa shape index (κ1) is 30.2. The highest BCUT2D eigenvalue weighted by Crippen LogP contribution is 2.34. The lowest BCUT2D eigenvalue weighted by Crippen LogP contribution is -2.37. The van der Waals surface area contributed by atoms with Crippen LogP contribution in [0.15, 0.2) is 53.7 Å². The summed E-state index contributed by atoms with van der Waals surface area (Å²) in [5.74, 6) is -2.58. The third kappa shape index (κ3) is 6.41. The zero-order chi connectivity index (χ0) is 31.1. The van der Waals surface area contributed by atoms with E-state index in [9.17, 15) is 41.0 Å². The largest absolute Gasteiger partial charge is 0.416 e. The summed E-state index contributed by atoms with van der Waals surface area (Å²) in [5, 5.41) is 18.3. The van der Waals surface area contributed by atoms with Gasteiger partial charge in [0.05, 0.1) is 18.2 Å². The molecule has 228 valence electrons. The monoisotopic (exact) mass is 630 g/mol. The van der Waals surface area contributed by atoms with E-state index in [2.05, 4.69) is 20.2 Å². The summed E-state index contributed by atoms with van der Waals surface area (Å²) >= 11 is 5.90. The van der Waals surface area contributed by atoms with E-state index in [-0.39, 0.29) is 41.6 Å². The molecule has 2 atom stereocenters. The molecule has 1 N–H and O–H groups in total. The molecule has 1 unspecified atom stereocenters. The number of alkyl halides is 6. The maximum Gasteiger partial charge on any atom is 0.416 e. The van der Waals surface area contributed by atoms with Gasteiger partial charge in [-0.05, 0) is 42.8 Å². The molecule has 1 saturated heterocycles. The van der Waals surface area contributed by atoms with Crippen LogP contribution in [0.25, 0.3) is 17.1 Å². The van der Waals surface area contributed by atoms with Gasteiger partial charge in [0.1, 0.15) is 12.9 Å². The first-order valence-corrected chi connectivity index (χ1v) is 13.0. The minimum atomic E-state index is -5.00. The van der Waals surface area contributed by atoms with Gasteiger partial charge in [0.2, 0.25) is 0 Å². The summed E-state index contributed by atoms with van der Waals surface area (Å²) in [6, 6.07) is 8.71. The van der Waals surface area contributed by atoms with Gasteiger partial charge in [-0.15, -0.1) is 10.2 Å². The van der Waals surface area contributed by atoms with Gasteiger partial charge in [-0.1, -0.05) is 11.6 Å². The number of hydrogen-bond acceptors (Lipinski definition) is 7. The zero-order valence-electron chi connectivity index (χ0n) is 21.8. The average molecular weight is 631 g/mol. The standard InChI is InChI=1S/C25H21ClF6N8O3/c26-16-5-3-14(4-6-16)21-36-39(23(43)38(21)11-18(41)25(30,31)32)12-19-34-13-40(35-19)17-2-1-8-33-20(17)22(42)37-9-7-15(10-37)24(27,28)29/h1-6,8,13,15,18,41H,7,9-12H2/t15?,18-/m0/s1. The Morgan fingerprint density at radius 3 is 2.44 bits per heavy atom. The van der Waals surface area contributed by atoms with Gasteiger partial charge in [-0.3, -0.25) is 9.36 Å². The molecule has 4 aromatic rings.